The zero-order valence-corrected chi connectivity index (χ0v) is 17.3. The molecule has 2 heterocycles. The van der Waals surface area contributed by atoms with Crippen molar-refractivity contribution in [2.45, 2.75) is 13.1 Å². The highest BCUT2D eigenvalue weighted by atomic mass is 19.4. The van der Waals surface area contributed by atoms with Crippen molar-refractivity contribution in [1.29, 1.82) is 0 Å². The second kappa shape index (κ2) is 8.19. The van der Waals surface area contributed by atoms with Gasteiger partial charge in [0.2, 0.25) is 0 Å². The number of likely N-dealkylation sites (N-methyl/N-ethyl adjacent to an activating group) is 1. The maximum absolute atomic E-state index is 12.9. The number of alkyl halides is 3. The fourth-order valence-corrected chi connectivity index (χ4v) is 3.69. The van der Waals surface area contributed by atoms with Crippen LogP contribution in [-0.2, 0) is 6.18 Å². The minimum Gasteiger partial charge on any atom is -0.354 e. The average Bonchev–Trinajstić information content (AvgIpc) is 2.74. The number of hydrogen-bond acceptors (Lipinski definition) is 4. The standard InChI is InChI=1S/C23H23F3N4O/c1-15-12-21(30-10-8-29(2)9-11-30)28-20-7-6-18(14-19(15)20)27-22(31)16-4-3-5-17(13-16)23(24,25)26/h3-7,12-14H,8-11H2,1-2H3,(H,27,31). The van der Waals surface area contributed by atoms with Crippen LogP contribution in [0.2, 0.25) is 0 Å². The molecule has 1 aromatic heterocycles. The van der Waals surface area contributed by atoms with E-state index in [2.05, 4.69) is 22.2 Å². The first-order valence-corrected chi connectivity index (χ1v) is 10.0. The van der Waals surface area contributed by atoms with E-state index in [-0.39, 0.29) is 5.56 Å². The SMILES string of the molecule is Cc1cc(N2CCN(C)CC2)nc2ccc(NC(=O)c3cccc(C(F)(F)F)c3)cc12. The van der Waals surface area contributed by atoms with E-state index >= 15 is 0 Å². The molecular weight excluding hydrogens is 405 g/mol. The Balaban J connectivity index is 1.56. The summed E-state index contributed by atoms with van der Waals surface area (Å²) in [5.74, 6) is 0.337. The molecule has 0 unspecified atom stereocenters. The topological polar surface area (TPSA) is 48.5 Å². The van der Waals surface area contributed by atoms with Crippen molar-refractivity contribution in [3.8, 4) is 0 Å². The highest BCUT2D eigenvalue weighted by molar-refractivity contribution is 6.05. The highest BCUT2D eigenvalue weighted by Crippen LogP contribution is 2.30. The first-order chi connectivity index (χ1) is 14.7. The van der Waals surface area contributed by atoms with Crippen LogP contribution in [0.25, 0.3) is 10.9 Å². The number of hydrogen-bond donors (Lipinski definition) is 1. The van der Waals surface area contributed by atoms with Crippen LogP contribution in [0.4, 0.5) is 24.7 Å². The van der Waals surface area contributed by atoms with Crippen molar-refractivity contribution in [3.05, 3.63) is 65.2 Å². The van der Waals surface area contributed by atoms with E-state index in [0.717, 1.165) is 60.6 Å². The number of amides is 1. The van der Waals surface area contributed by atoms with Crippen molar-refractivity contribution in [3.63, 3.8) is 0 Å². The van der Waals surface area contributed by atoms with Gasteiger partial charge < -0.3 is 15.1 Å². The van der Waals surface area contributed by atoms with Gasteiger partial charge in [0.15, 0.2) is 0 Å². The van der Waals surface area contributed by atoms with Gasteiger partial charge in [-0.05, 0) is 62.0 Å². The number of fused-ring (bicyclic) bond motifs is 1. The number of rotatable bonds is 3. The van der Waals surface area contributed by atoms with Crippen molar-refractivity contribution >= 4 is 28.3 Å². The van der Waals surface area contributed by atoms with E-state index in [1.807, 2.05) is 19.1 Å². The van der Waals surface area contributed by atoms with Gasteiger partial charge in [0, 0.05) is 42.8 Å². The first kappa shape index (κ1) is 21.1. The number of nitrogens with one attached hydrogen (secondary N) is 1. The second-order valence-corrected chi connectivity index (χ2v) is 7.85. The predicted octanol–water partition coefficient (Wildman–Crippen LogP) is 4.57. The average molecular weight is 428 g/mol. The van der Waals surface area contributed by atoms with E-state index < -0.39 is 17.6 Å². The summed E-state index contributed by atoms with van der Waals surface area (Å²) in [4.78, 5) is 21.8. The molecule has 1 fully saturated rings. The van der Waals surface area contributed by atoms with Gasteiger partial charge in [-0.2, -0.15) is 13.2 Å². The van der Waals surface area contributed by atoms with Crippen LogP contribution >= 0.6 is 0 Å². The molecule has 0 saturated carbocycles. The molecule has 0 spiro atoms. The molecule has 5 nitrogen and oxygen atoms in total. The number of nitrogens with zero attached hydrogens (tertiary/aromatic N) is 3. The van der Waals surface area contributed by atoms with E-state index in [4.69, 9.17) is 4.98 Å². The minimum absolute atomic E-state index is 0.0461. The minimum atomic E-state index is -4.50. The Morgan fingerprint density at radius 2 is 1.77 bits per heavy atom. The number of piperazine rings is 1. The van der Waals surface area contributed by atoms with E-state index in [1.54, 1.807) is 12.1 Å². The van der Waals surface area contributed by atoms with Crippen LogP contribution in [0, 0.1) is 6.92 Å². The summed E-state index contributed by atoms with van der Waals surface area (Å²) in [7, 11) is 2.10. The molecule has 1 N–H and O–H groups in total. The van der Waals surface area contributed by atoms with Gasteiger partial charge in [-0.25, -0.2) is 4.98 Å². The van der Waals surface area contributed by atoms with Gasteiger partial charge in [0.25, 0.3) is 5.91 Å². The molecular formula is C23H23F3N4O. The lowest BCUT2D eigenvalue weighted by Gasteiger charge is -2.33. The van der Waals surface area contributed by atoms with Gasteiger partial charge >= 0.3 is 6.18 Å². The third-order valence-corrected chi connectivity index (χ3v) is 5.54. The summed E-state index contributed by atoms with van der Waals surface area (Å²) in [5.41, 5.74) is 1.44. The molecule has 0 atom stereocenters. The maximum atomic E-state index is 12.9. The van der Waals surface area contributed by atoms with Crippen molar-refractivity contribution in [1.82, 2.24) is 9.88 Å². The molecule has 1 saturated heterocycles. The summed E-state index contributed by atoms with van der Waals surface area (Å²) in [6, 6.07) is 11.8. The number of carbonyl (C=O) groups is 1. The number of anilines is 2. The molecule has 31 heavy (non-hydrogen) atoms. The molecule has 4 rings (SSSR count). The number of carbonyl (C=O) groups excluding carboxylic acids is 1. The first-order valence-electron chi connectivity index (χ1n) is 10.0. The summed E-state index contributed by atoms with van der Waals surface area (Å²) in [6.07, 6.45) is -4.50. The normalized spacial score (nSPS) is 15.3. The molecule has 0 radical (unpaired) electrons. The monoisotopic (exact) mass is 428 g/mol. The number of pyridine rings is 1. The highest BCUT2D eigenvalue weighted by Gasteiger charge is 2.30. The van der Waals surface area contributed by atoms with Crippen LogP contribution < -0.4 is 10.2 Å². The fourth-order valence-electron chi connectivity index (χ4n) is 3.69. The maximum Gasteiger partial charge on any atom is 0.416 e. The quantitative estimate of drug-likeness (QED) is 0.664. The Kier molecular flexibility index (Phi) is 5.58. The lowest BCUT2D eigenvalue weighted by atomic mass is 10.1. The van der Waals surface area contributed by atoms with E-state index in [0.29, 0.717) is 5.69 Å². The van der Waals surface area contributed by atoms with Crippen LogP contribution in [-0.4, -0.2) is 49.0 Å². The van der Waals surface area contributed by atoms with Gasteiger partial charge in [0.05, 0.1) is 11.1 Å². The third-order valence-electron chi connectivity index (χ3n) is 5.54. The van der Waals surface area contributed by atoms with Crippen LogP contribution in [0.15, 0.2) is 48.5 Å². The Labute approximate surface area is 178 Å². The van der Waals surface area contributed by atoms with E-state index in [1.165, 1.54) is 12.1 Å². The van der Waals surface area contributed by atoms with Gasteiger partial charge in [-0.1, -0.05) is 6.07 Å². The number of halogens is 3. The molecule has 3 aromatic rings. The van der Waals surface area contributed by atoms with Crippen LogP contribution in [0.5, 0.6) is 0 Å². The second-order valence-electron chi connectivity index (χ2n) is 7.85. The van der Waals surface area contributed by atoms with E-state index in [9.17, 15) is 18.0 Å². The summed E-state index contributed by atoms with van der Waals surface area (Å²) >= 11 is 0. The van der Waals surface area contributed by atoms with Crippen molar-refractivity contribution < 1.29 is 18.0 Å². The van der Waals surface area contributed by atoms with Gasteiger partial charge in [0.1, 0.15) is 5.82 Å². The molecule has 1 aliphatic rings. The molecule has 0 bridgehead atoms. The van der Waals surface area contributed by atoms with Gasteiger partial charge in [-0.3, -0.25) is 4.79 Å². The molecule has 8 heteroatoms. The van der Waals surface area contributed by atoms with Crippen LogP contribution in [0.3, 0.4) is 0 Å². The van der Waals surface area contributed by atoms with Gasteiger partial charge in [-0.15, -0.1) is 0 Å². The Morgan fingerprint density at radius 1 is 1.03 bits per heavy atom. The Hall–Kier alpha value is -3.13. The lowest BCUT2D eigenvalue weighted by Crippen LogP contribution is -2.44. The number of benzene rings is 2. The lowest BCUT2D eigenvalue weighted by molar-refractivity contribution is -0.137. The number of aromatic nitrogens is 1. The Bertz CT molecular complexity index is 1120. The largest absolute Gasteiger partial charge is 0.416 e. The zero-order valence-electron chi connectivity index (χ0n) is 17.3. The smallest absolute Gasteiger partial charge is 0.354 e. The Morgan fingerprint density at radius 3 is 2.48 bits per heavy atom. The molecule has 162 valence electrons. The fraction of sp³-hybridized carbons (Fsp3) is 0.304. The third kappa shape index (κ3) is 4.64. The molecule has 2 aromatic carbocycles. The predicted molar refractivity (Wildman–Crippen MR) is 116 cm³/mol. The molecule has 1 amide bonds. The summed E-state index contributed by atoms with van der Waals surface area (Å²) in [5, 5.41) is 3.58. The number of aryl methyl sites for hydroxylation is 1. The van der Waals surface area contributed by atoms with Crippen LogP contribution in [0.1, 0.15) is 21.5 Å². The van der Waals surface area contributed by atoms with Crippen molar-refractivity contribution in [2.24, 2.45) is 0 Å². The zero-order chi connectivity index (χ0) is 22.2. The molecule has 1 aliphatic heterocycles. The summed E-state index contributed by atoms with van der Waals surface area (Å²) < 4.78 is 38.8. The molecule has 0 aliphatic carbocycles. The summed E-state index contributed by atoms with van der Waals surface area (Å²) in [6.45, 7) is 5.79. The van der Waals surface area contributed by atoms with Crippen molar-refractivity contribution in [2.75, 3.05) is 43.4 Å².